The van der Waals surface area contributed by atoms with E-state index in [2.05, 4.69) is 209 Å². The van der Waals surface area contributed by atoms with E-state index in [1.54, 1.807) is 11.1 Å². The average Bonchev–Trinajstić information content (AvgIpc) is 3.76. The van der Waals surface area contributed by atoms with Crippen LogP contribution in [0.2, 0.25) is 9.26 Å². The van der Waals surface area contributed by atoms with E-state index in [1.807, 2.05) is 0 Å². The number of hydrogen-bond donors (Lipinski definition) is 0. The van der Waals surface area contributed by atoms with Gasteiger partial charge >= 0.3 is 339 Å². The molecule has 0 saturated heterocycles. The molecule has 0 aliphatic heterocycles. The predicted molar refractivity (Wildman–Crippen MR) is 260 cm³/mol. The normalized spacial score (nSPS) is 16.4. The number of rotatable bonds is 6. The number of fused-ring (bicyclic) bond motifs is 4. The van der Waals surface area contributed by atoms with Gasteiger partial charge in [0.15, 0.2) is 0 Å². The quantitative estimate of drug-likeness (QED) is 0.146. The summed E-state index contributed by atoms with van der Waals surface area (Å²) in [5.41, 5.74) is 18.6. The Kier molecular flexibility index (Phi) is 11.2. The second kappa shape index (κ2) is 15.4. The van der Waals surface area contributed by atoms with Crippen molar-refractivity contribution < 1.29 is 17.4 Å². The molecule has 0 radical (unpaired) electrons. The van der Waals surface area contributed by atoms with Crippen molar-refractivity contribution in [2.24, 2.45) is 5.92 Å². The first-order valence-electron chi connectivity index (χ1n) is 20.5. The van der Waals surface area contributed by atoms with E-state index in [1.165, 1.54) is 82.8 Å². The van der Waals surface area contributed by atoms with Crippen LogP contribution in [0, 0.1) is 5.92 Å². The van der Waals surface area contributed by atoms with E-state index in [4.69, 9.17) is 0 Å². The minimum absolute atomic E-state index is 0. The van der Waals surface area contributed by atoms with Crippen LogP contribution in [0.4, 0.5) is 0 Å². The van der Waals surface area contributed by atoms with E-state index in [9.17, 15) is 0 Å². The van der Waals surface area contributed by atoms with Gasteiger partial charge in [-0.2, -0.15) is 0 Å². The van der Waals surface area contributed by atoms with Gasteiger partial charge < -0.3 is 0 Å². The molecular formula is C54H56Cl2SiZr. The maximum atomic E-state index is 2.79. The zero-order chi connectivity index (χ0) is 39.2. The van der Waals surface area contributed by atoms with E-state index in [-0.39, 0.29) is 30.2 Å². The molecule has 9 rings (SSSR count). The third-order valence-corrected chi connectivity index (χ3v) is 30.9. The van der Waals surface area contributed by atoms with Crippen molar-refractivity contribution >= 4 is 65.4 Å². The predicted octanol–water partition coefficient (Wildman–Crippen LogP) is 15.7. The standard InChI is InChI=1S/C30H21.C22H25.2CH3.2ClH.H2Si.Zr/c1-20-16-23-18-24(27-14-6-10-21-8-2-4-12-25(21)27)19-30(29(23)17-20)28-15-7-11-22-9-3-5-13-26(22)28;1-15(2)18-13-17-7-6-8-20(21(17)14-18)16-9-11-19(12-10-16)22(3,4)5;;;;;;/h2-19H,1H3;6-15H,1-5H3;2*1H3;2*1H;1H2;. The first-order chi connectivity index (χ1) is 26.7. The zero-order valence-corrected chi connectivity index (χ0v) is 40.7. The molecule has 0 fully saturated rings. The molecule has 2 unspecified atom stereocenters. The number of halogens is 2. The van der Waals surface area contributed by atoms with Crippen molar-refractivity contribution in [3.8, 4) is 33.4 Å². The summed E-state index contributed by atoms with van der Waals surface area (Å²) in [6.45, 7) is 16.7. The summed E-state index contributed by atoms with van der Waals surface area (Å²) < 4.78 is 6.43. The molecule has 294 valence electrons. The number of allylic oxidation sites excluding steroid dienone is 2. The smallest absolute Gasteiger partial charge is 0.147 e. The molecule has 58 heavy (non-hydrogen) atoms. The van der Waals surface area contributed by atoms with Gasteiger partial charge in [-0.15, -0.1) is 24.8 Å². The largest absolute Gasteiger partial charge is 0.147 e. The van der Waals surface area contributed by atoms with Gasteiger partial charge in [0.05, 0.1) is 0 Å². The van der Waals surface area contributed by atoms with Crippen molar-refractivity contribution in [2.75, 3.05) is 0 Å². The van der Waals surface area contributed by atoms with Crippen molar-refractivity contribution in [3.05, 3.63) is 178 Å². The molecule has 2 atom stereocenters. The van der Waals surface area contributed by atoms with Crippen molar-refractivity contribution in [1.82, 2.24) is 0 Å². The average molecular weight is 895 g/mol. The van der Waals surface area contributed by atoms with Crippen molar-refractivity contribution in [3.63, 3.8) is 0 Å². The van der Waals surface area contributed by atoms with Gasteiger partial charge in [-0.05, 0) is 0 Å². The van der Waals surface area contributed by atoms with Crippen LogP contribution in [0.5, 0.6) is 0 Å². The summed E-state index contributed by atoms with van der Waals surface area (Å²) in [5, 5.41) is 5.20. The zero-order valence-electron chi connectivity index (χ0n) is 35.2. The molecule has 0 aromatic heterocycles. The Morgan fingerprint density at radius 1 is 0.534 bits per heavy atom. The summed E-state index contributed by atoms with van der Waals surface area (Å²) in [7, 11) is 0. The molecule has 0 heterocycles. The van der Waals surface area contributed by atoms with Crippen LogP contribution in [0.3, 0.4) is 0 Å². The summed E-state index contributed by atoms with van der Waals surface area (Å²) in [4.78, 5) is 0. The van der Waals surface area contributed by atoms with E-state index < -0.39 is 17.4 Å². The monoisotopic (exact) mass is 892 g/mol. The SMILES string of the molecule is CC1=Cc2c(-c3cccc4ccccc34)cc(-c3cccc4ccccc34)cc2[CH]1[Zr]([CH3])([CH3])(=[SiH2])[CH]1C(C(C)C)=Cc2c(-c3ccc(C(C)(C)C)cc3)cccc21.Cl.Cl. The molecule has 0 amide bonds. The summed E-state index contributed by atoms with van der Waals surface area (Å²) in [6, 6.07) is 53.1. The molecule has 0 bridgehead atoms. The minimum Gasteiger partial charge on any atom is -0.147 e. The van der Waals surface area contributed by atoms with Crippen LogP contribution in [-0.4, -0.2) is 6.88 Å². The van der Waals surface area contributed by atoms with E-state index in [0.29, 0.717) is 13.2 Å². The molecule has 7 aromatic carbocycles. The molecule has 0 spiro atoms. The van der Waals surface area contributed by atoms with Crippen molar-refractivity contribution in [1.29, 1.82) is 0 Å². The van der Waals surface area contributed by atoms with Gasteiger partial charge in [-0.1, -0.05) is 0 Å². The van der Waals surface area contributed by atoms with E-state index in [0.717, 1.165) is 0 Å². The Morgan fingerprint density at radius 3 is 1.69 bits per heavy atom. The third kappa shape index (κ3) is 6.97. The van der Waals surface area contributed by atoms with Crippen LogP contribution in [0.15, 0.2) is 151 Å². The maximum Gasteiger partial charge on any atom is -0.147 e. The first kappa shape index (κ1) is 42.3. The Labute approximate surface area is 361 Å². The Morgan fingerprint density at radius 2 is 1.07 bits per heavy atom. The van der Waals surface area contributed by atoms with Crippen LogP contribution < -0.4 is 0 Å². The molecular weight excluding hydrogens is 839 g/mol. The number of hydrogen-bond acceptors (Lipinski definition) is 0. The van der Waals surface area contributed by atoms with Crippen LogP contribution in [0.1, 0.15) is 76.6 Å². The van der Waals surface area contributed by atoms with E-state index >= 15 is 0 Å². The Bertz CT molecular complexity index is 2850. The molecule has 4 heteroatoms. The fraction of sp³-hybridized carbons (Fsp3) is 0.222. The maximum absolute atomic E-state index is 3.93. The third-order valence-electron chi connectivity index (χ3n) is 13.3. The molecule has 7 aromatic rings. The molecule has 0 N–H and O–H groups in total. The topological polar surface area (TPSA) is 0 Å². The van der Waals surface area contributed by atoms with Gasteiger partial charge in [0.1, 0.15) is 0 Å². The molecule has 0 saturated carbocycles. The fourth-order valence-corrected chi connectivity index (χ4v) is 31.3. The van der Waals surface area contributed by atoms with Crippen LogP contribution in [-0.2, 0) is 22.8 Å². The second-order valence-corrected chi connectivity index (χ2v) is 49.7. The van der Waals surface area contributed by atoms with Crippen molar-refractivity contribution in [2.45, 2.75) is 63.5 Å². The fourth-order valence-electron chi connectivity index (χ4n) is 10.8. The first-order valence-corrected chi connectivity index (χ1v) is 34.2. The second-order valence-electron chi connectivity index (χ2n) is 19.2. The van der Waals surface area contributed by atoms with Gasteiger partial charge in [0.25, 0.3) is 0 Å². The van der Waals surface area contributed by atoms with Gasteiger partial charge in [0, 0.05) is 0 Å². The Balaban J connectivity index is 0.00000256. The molecule has 0 nitrogen and oxygen atoms in total. The van der Waals surface area contributed by atoms with Gasteiger partial charge in [-0.25, -0.2) is 0 Å². The number of benzene rings is 7. The Hall–Kier alpha value is -3.78. The summed E-state index contributed by atoms with van der Waals surface area (Å²) in [5.74, 6) is 0.458. The van der Waals surface area contributed by atoms with Gasteiger partial charge in [-0.3, -0.25) is 0 Å². The minimum atomic E-state index is -3.93. The summed E-state index contributed by atoms with van der Waals surface area (Å²) in [6.07, 6.45) is 5.20. The van der Waals surface area contributed by atoms with Gasteiger partial charge in [0.2, 0.25) is 0 Å². The molecule has 2 aliphatic rings. The van der Waals surface area contributed by atoms with Crippen LogP contribution in [0.25, 0.3) is 67.1 Å². The van der Waals surface area contributed by atoms with Crippen LogP contribution >= 0.6 is 24.8 Å². The summed E-state index contributed by atoms with van der Waals surface area (Å²) >= 11 is -3.93. The molecule has 2 aliphatic carbocycles.